The van der Waals surface area contributed by atoms with Gasteiger partial charge in [0, 0.05) is 43.8 Å². The molecule has 3 heterocycles. The second-order valence-electron chi connectivity index (χ2n) is 5.08. The van der Waals surface area contributed by atoms with E-state index in [9.17, 15) is 4.79 Å². The number of rotatable bonds is 3. The van der Waals surface area contributed by atoms with Gasteiger partial charge in [0.15, 0.2) is 5.65 Å². The molecule has 0 aliphatic heterocycles. The fourth-order valence-electron chi connectivity index (χ4n) is 2.31. The molecule has 0 fully saturated rings. The summed E-state index contributed by atoms with van der Waals surface area (Å²) in [5, 5.41) is 8.45. The molecule has 0 bridgehead atoms. The second-order valence-corrected chi connectivity index (χ2v) is 5.08. The molecule has 6 nitrogen and oxygen atoms in total. The lowest BCUT2D eigenvalue weighted by molar-refractivity contribution is 0.786. The third kappa shape index (κ3) is 2.29. The SMILES string of the molecule is Cc1ccc(CNc2ccnc3c2cnn3C)c(=O)n1C. The van der Waals surface area contributed by atoms with Gasteiger partial charge in [-0.05, 0) is 19.1 Å². The molecule has 0 aliphatic rings. The van der Waals surface area contributed by atoms with Crippen LogP contribution in [0, 0.1) is 6.92 Å². The Morgan fingerprint density at radius 1 is 1.24 bits per heavy atom. The third-order valence-corrected chi connectivity index (χ3v) is 3.74. The Balaban J connectivity index is 1.91. The molecular weight excluding hydrogens is 266 g/mol. The van der Waals surface area contributed by atoms with E-state index in [4.69, 9.17) is 0 Å². The fourth-order valence-corrected chi connectivity index (χ4v) is 2.31. The van der Waals surface area contributed by atoms with E-state index in [0.29, 0.717) is 6.54 Å². The molecule has 3 rings (SSSR count). The number of anilines is 1. The minimum Gasteiger partial charge on any atom is -0.380 e. The van der Waals surface area contributed by atoms with Crippen LogP contribution in [0.1, 0.15) is 11.3 Å². The number of fused-ring (bicyclic) bond motifs is 1. The number of hydrogen-bond acceptors (Lipinski definition) is 4. The Labute approximate surface area is 122 Å². The standard InChI is InChI=1S/C15H17N5O/c1-10-4-5-11(15(21)19(10)2)8-17-13-6-7-16-14-12(13)9-18-20(14)3/h4-7,9H,8H2,1-3H3,(H,16,17). The lowest BCUT2D eigenvalue weighted by atomic mass is 10.2. The summed E-state index contributed by atoms with van der Waals surface area (Å²) in [5.74, 6) is 0. The van der Waals surface area contributed by atoms with Crippen LogP contribution in [0.3, 0.4) is 0 Å². The van der Waals surface area contributed by atoms with Crippen molar-refractivity contribution in [1.29, 1.82) is 0 Å². The molecule has 6 heteroatoms. The zero-order chi connectivity index (χ0) is 15.0. The first kappa shape index (κ1) is 13.4. The van der Waals surface area contributed by atoms with Gasteiger partial charge in [0.25, 0.3) is 5.56 Å². The molecule has 0 saturated heterocycles. The summed E-state index contributed by atoms with van der Waals surface area (Å²) < 4.78 is 3.38. The molecule has 0 radical (unpaired) electrons. The Morgan fingerprint density at radius 2 is 2.05 bits per heavy atom. The summed E-state index contributed by atoms with van der Waals surface area (Å²) in [7, 11) is 3.64. The van der Waals surface area contributed by atoms with Gasteiger partial charge in [0.2, 0.25) is 0 Å². The van der Waals surface area contributed by atoms with Gasteiger partial charge in [0.1, 0.15) is 0 Å². The molecule has 0 spiro atoms. The van der Waals surface area contributed by atoms with Crippen LogP contribution in [0.4, 0.5) is 5.69 Å². The predicted molar refractivity (Wildman–Crippen MR) is 82.3 cm³/mol. The molecule has 3 aromatic rings. The minimum atomic E-state index is 0.0268. The van der Waals surface area contributed by atoms with Crippen molar-refractivity contribution in [1.82, 2.24) is 19.3 Å². The molecule has 1 N–H and O–H groups in total. The summed E-state index contributed by atoms with van der Waals surface area (Å²) in [5.41, 5.74) is 3.45. The van der Waals surface area contributed by atoms with Gasteiger partial charge in [-0.2, -0.15) is 5.10 Å². The van der Waals surface area contributed by atoms with Gasteiger partial charge in [-0.15, -0.1) is 0 Å². The van der Waals surface area contributed by atoms with Gasteiger partial charge in [0.05, 0.1) is 11.6 Å². The highest BCUT2D eigenvalue weighted by Gasteiger charge is 2.07. The number of aryl methyl sites for hydroxylation is 2. The van der Waals surface area contributed by atoms with Gasteiger partial charge in [-0.1, -0.05) is 6.07 Å². The van der Waals surface area contributed by atoms with Crippen LogP contribution in [0.5, 0.6) is 0 Å². The fraction of sp³-hybridized carbons (Fsp3) is 0.267. The van der Waals surface area contributed by atoms with Gasteiger partial charge < -0.3 is 9.88 Å². The highest BCUT2D eigenvalue weighted by atomic mass is 16.1. The van der Waals surface area contributed by atoms with Crippen molar-refractivity contribution < 1.29 is 0 Å². The summed E-state index contributed by atoms with van der Waals surface area (Å²) in [4.78, 5) is 16.5. The molecule has 21 heavy (non-hydrogen) atoms. The maximum Gasteiger partial charge on any atom is 0.255 e. The van der Waals surface area contributed by atoms with Crippen LogP contribution < -0.4 is 10.9 Å². The van der Waals surface area contributed by atoms with Crippen molar-refractivity contribution in [2.24, 2.45) is 14.1 Å². The van der Waals surface area contributed by atoms with Crippen molar-refractivity contribution in [3.05, 3.63) is 52.2 Å². The predicted octanol–water partition coefficient (Wildman–Crippen LogP) is 1.59. The Hall–Kier alpha value is -2.63. The Morgan fingerprint density at radius 3 is 2.86 bits per heavy atom. The zero-order valence-corrected chi connectivity index (χ0v) is 12.3. The molecule has 0 unspecified atom stereocenters. The number of nitrogens with one attached hydrogen (secondary N) is 1. The summed E-state index contributed by atoms with van der Waals surface area (Å²) in [6.45, 7) is 2.39. The van der Waals surface area contributed by atoms with E-state index >= 15 is 0 Å². The lowest BCUT2D eigenvalue weighted by Crippen LogP contribution is -2.24. The smallest absolute Gasteiger partial charge is 0.255 e. The average Bonchev–Trinajstić information content (AvgIpc) is 2.86. The lowest BCUT2D eigenvalue weighted by Gasteiger charge is -2.09. The van der Waals surface area contributed by atoms with Crippen molar-refractivity contribution in [2.45, 2.75) is 13.5 Å². The normalized spacial score (nSPS) is 11.0. The van der Waals surface area contributed by atoms with Gasteiger partial charge >= 0.3 is 0 Å². The highest BCUT2D eigenvalue weighted by Crippen LogP contribution is 2.20. The number of pyridine rings is 2. The average molecular weight is 283 g/mol. The van der Waals surface area contributed by atoms with E-state index in [-0.39, 0.29) is 5.56 Å². The molecule has 3 aromatic heterocycles. The van der Waals surface area contributed by atoms with Crippen LogP contribution in [0.2, 0.25) is 0 Å². The molecule has 108 valence electrons. The molecule has 0 amide bonds. The number of hydrogen-bond donors (Lipinski definition) is 1. The first-order chi connectivity index (χ1) is 10.1. The van der Waals surface area contributed by atoms with E-state index in [0.717, 1.165) is 28.0 Å². The van der Waals surface area contributed by atoms with Gasteiger partial charge in [-0.25, -0.2) is 4.98 Å². The third-order valence-electron chi connectivity index (χ3n) is 3.74. The van der Waals surface area contributed by atoms with E-state index in [1.165, 1.54) is 0 Å². The maximum absolute atomic E-state index is 12.2. The van der Waals surface area contributed by atoms with Crippen LogP contribution >= 0.6 is 0 Å². The summed E-state index contributed by atoms with van der Waals surface area (Å²) in [6.07, 6.45) is 3.51. The van der Waals surface area contributed by atoms with E-state index < -0.39 is 0 Å². The first-order valence-electron chi connectivity index (χ1n) is 6.74. The minimum absolute atomic E-state index is 0.0268. The van der Waals surface area contributed by atoms with Crippen LogP contribution in [0.15, 0.2) is 35.4 Å². The molecule has 0 aromatic carbocycles. The number of aromatic nitrogens is 4. The molecular formula is C15H17N5O. The zero-order valence-electron chi connectivity index (χ0n) is 12.3. The molecule has 0 atom stereocenters. The van der Waals surface area contributed by atoms with E-state index in [1.807, 2.05) is 32.2 Å². The van der Waals surface area contributed by atoms with E-state index in [1.54, 1.807) is 28.7 Å². The van der Waals surface area contributed by atoms with Crippen LogP contribution in [0.25, 0.3) is 11.0 Å². The van der Waals surface area contributed by atoms with E-state index in [2.05, 4.69) is 15.4 Å². The monoisotopic (exact) mass is 283 g/mol. The second kappa shape index (κ2) is 5.05. The molecule has 0 aliphatic carbocycles. The topological polar surface area (TPSA) is 64.7 Å². The van der Waals surface area contributed by atoms with Gasteiger partial charge in [-0.3, -0.25) is 9.48 Å². The maximum atomic E-state index is 12.2. The highest BCUT2D eigenvalue weighted by molar-refractivity contribution is 5.88. The summed E-state index contributed by atoms with van der Waals surface area (Å²) in [6, 6.07) is 5.71. The molecule has 0 saturated carbocycles. The first-order valence-corrected chi connectivity index (χ1v) is 6.74. The van der Waals surface area contributed by atoms with Crippen molar-refractivity contribution in [3.63, 3.8) is 0 Å². The Bertz CT molecular complexity index is 862. The van der Waals surface area contributed by atoms with Crippen molar-refractivity contribution in [3.8, 4) is 0 Å². The quantitative estimate of drug-likeness (QED) is 0.792. The Kier molecular flexibility index (Phi) is 3.21. The van der Waals surface area contributed by atoms with Crippen LogP contribution in [-0.2, 0) is 20.6 Å². The largest absolute Gasteiger partial charge is 0.380 e. The van der Waals surface area contributed by atoms with Crippen molar-refractivity contribution in [2.75, 3.05) is 5.32 Å². The summed E-state index contributed by atoms with van der Waals surface area (Å²) >= 11 is 0. The van der Waals surface area contributed by atoms with Crippen molar-refractivity contribution >= 4 is 16.7 Å². The number of nitrogens with zero attached hydrogens (tertiary/aromatic N) is 4. The van der Waals surface area contributed by atoms with Crippen LogP contribution in [-0.4, -0.2) is 19.3 Å².